The van der Waals surface area contributed by atoms with Crippen molar-refractivity contribution >= 4 is 51.6 Å². The highest BCUT2D eigenvalue weighted by molar-refractivity contribution is 6.35. The van der Waals surface area contributed by atoms with E-state index in [1.807, 2.05) is 55.4 Å². The Balaban J connectivity index is 1.54. The highest BCUT2D eigenvalue weighted by atomic mass is 35.5. The van der Waals surface area contributed by atoms with E-state index < -0.39 is 0 Å². The maximum atomic E-state index is 13.1. The number of halogens is 2. The van der Waals surface area contributed by atoms with Gasteiger partial charge in [-0.3, -0.25) is 15.0 Å². The van der Waals surface area contributed by atoms with Gasteiger partial charge in [-0.2, -0.15) is 0 Å². The Hall–Kier alpha value is -3.55. The number of hydrogen-bond donors (Lipinski definition) is 1. The van der Waals surface area contributed by atoms with Crippen LogP contribution < -0.4 is 10.5 Å². The number of rotatable bonds is 9. The second kappa shape index (κ2) is 11.2. The van der Waals surface area contributed by atoms with Crippen molar-refractivity contribution in [1.82, 2.24) is 14.0 Å². The molecule has 4 aromatic rings. The van der Waals surface area contributed by atoms with E-state index in [2.05, 4.69) is 0 Å². The minimum absolute atomic E-state index is 0.00398. The quantitative estimate of drug-likeness (QED) is 0.293. The molecule has 0 aliphatic heterocycles. The van der Waals surface area contributed by atoms with Gasteiger partial charge in [-0.25, -0.2) is 0 Å². The van der Waals surface area contributed by atoms with Crippen LogP contribution in [-0.2, 0) is 13.1 Å². The summed E-state index contributed by atoms with van der Waals surface area (Å²) in [7, 11) is 5.60. The Kier molecular flexibility index (Phi) is 8.05. The monoisotopic (exact) mass is 537 g/mol. The van der Waals surface area contributed by atoms with Crippen molar-refractivity contribution in [1.29, 1.82) is 5.41 Å². The standard InChI is InChI=1S/C28H29Cl2N5O2/c1-32(2)23-10-5-4-8-21(23)27(37)33(3)16-7-17-34-26-22(30)9-6-11-24(26)35(28(34)31)18-25(36)19-12-14-20(29)15-13-19/h4-6,8-15,31H,7,16-18H2,1-3H3. The lowest BCUT2D eigenvalue weighted by molar-refractivity contribution is 0.0792. The number of nitrogens with one attached hydrogen (secondary N) is 1. The van der Waals surface area contributed by atoms with Gasteiger partial charge in [0.2, 0.25) is 5.62 Å². The number of carbonyl (C=O) groups is 2. The molecule has 0 aliphatic carbocycles. The fourth-order valence-corrected chi connectivity index (χ4v) is 4.82. The molecule has 192 valence electrons. The highest BCUT2D eigenvalue weighted by Gasteiger charge is 2.19. The third kappa shape index (κ3) is 5.58. The topological polar surface area (TPSA) is 74.3 Å². The summed E-state index contributed by atoms with van der Waals surface area (Å²) in [5.41, 5.74) is 3.62. The molecule has 1 N–H and O–H groups in total. The molecule has 1 heterocycles. The molecule has 0 spiro atoms. The second-order valence-electron chi connectivity index (χ2n) is 9.09. The number of fused-ring (bicyclic) bond motifs is 1. The van der Waals surface area contributed by atoms with Crippen LogP contribution in [-0.4, -0.2) is 53.4 Å². The average molecular weight is 538 g/mol. The van der Waals surface area contributed by atoms with E-state index in [1.54, 1.807) is 51.4 Å². The summed E-state index contributed by atoms with van der Waals surface area (Å²) in [6, 6.07) is 19.7. The lowest BCUT2D eigenvalue weighted by Crippen LogP contribution is -2.31. The number of para-hydroxylation sites is 2. The van der Waals surface area contributed by atoms with Crippen LogP contribution in [0.1, 0.15) is 27.1 Å². The molecule has 1 amide bonds. The van der Waals surface area contributed by atoms with Crippen LogP contribution in [0.25, 0.3) is 11.0 Å². The molecule has 0 bridgehead atoms. The first-order valence-corrected chi connectivity index (χ1v) is 12.7. The molecule has 0 atom stereocenters. The molecule has 4 rings (SSSR count). The number of Topliss-reactive ketones (excluding diaryl/α,β-unsaturated/α-hetero) is 1. The maximum Gasteiger partial charge on any atom is 0.255 e. The van der Waals surface area contributed by atoms with Crippen molar-refractivity contribution in [3.05, 3.63) is 93.5 Å². The Morgan fingerprint density at radius 3 is 2.30 bits per heavy atom. The number of benzene rings is 3. The van der Waals surface area contributed by atoms with Crippen molar-refractivity contribution in [2.24, 2.45) is 0 Å². The van der Waals surface area contributed by atoms with Crippen LogP contribution >= 0.6 is 23.2 Å². The Morgan fingerprint density at radius 1 is 0.892 bits per heavy atom. The molecule has 0 unspecified atom stereocenters. The van der Waals surface area contributed by atoms with Gasteiger partial charge in [0.1, 0.15) is 0 Å². The summed E-state index contributed by atoms with van der Waals surface area (Å²) in [6.45, 7) is 0.964. The zero-order chi connectivity index (χ0) is 26.7. The van der Waals surface area contributed by atoms with Gasteiger partial charge in [-0.15, -0.1) is 0 Å². The number of ketones is 1. The summed E-state index contributed by atoms with van der Waals surface area (Å²) in [5, 5.41) is 9.91. The van der Waals surface area contributed by atoms with Crippen LogP contribution in [0.5, 0.6) is 0 Å². The van der Waals surface area contributed by atoms with Gasteiger partial charge in [0, 0.05) is 50.5 Å². The largest absolute Gasteiger partial charge is 0.377 e. The van der Waals surface area contributed by atoms with Crippen molar-refractivity contribution in [3.63, 3.8) is 0 Å². The average Bonchev–Trinajstić information content (AvgIpc) is 3.15. The minimum Gasteiger partial charge on any atom is -0.377 e. The van der Waals surface area contributed by atoms with E-state index in [1.165, 1.54) is 0 Å². The summed E-state index contributed by atoms with van der Waals surface area (Å²) in [6.07, 6.45) is 0.610. The van der Waals surface area contributed by atoms with E-state index in [0.717, 1.165) is 5.69 Å². The van der Waals surface area contributed by atoms with E-state index >= 15 is 0 Å². The number of anilines is 1. The van der Waals surface area contributed by atoms with Crippen molar-refractivity contribution < 1.29 is 9.59 Å². The Bertz CT molecular complexity index is 1510. The number of carbonyl (C=O) groups excluding carboxylic acids is 2. The molecule has 0 aliphatic rings. The second-order valence-corrected chi connectivity index (χ2v) is 9.93. The van der Waals surface area contributed by atoms with Crippen molar-refractivity contribution in [2.45, 2.75) is 19.5 Å². The van der Waals surface area contributed by atoms with E-state index in [-0.39, 0.29) is 23.9 Å². The smallest absolute Gasteiger partial charge is 0.255 e. The predicted octanol–water partition coefficient (Wildman–Crippen LogP) is 5.34. The first-order chi connectivity index (χ1) is 17.7. The van der Waals surface area contributed by atoms with Crippen molar-refractivity contribution in [3.8, 4) is 0 Å². The molecule has 0 saturated carbocycles. The van der Waals surface area contributed by atoms with E-state index in [0.29, 0.717) is 51.7 Å². The summed E-state index contributed by atoms with van der Waals surface area (Å²) >= 11 is 12.5. The lowest BCUT2D eigenvalue weighted by atomic mass is 10.1. The molecular formula is C28H29Cl2N5O2. The SMILES string of the molecule is CN(CCCn1c(=N)n(CC(=O)c2ccc(Cl)cc2)c2cccc(Cl)c21)C(=O)c1ccccc1N(C)C. The molecule has 7 nitrogen and oxygen atoms in total. The van der Waals surface area contributed by atoms with Gasteiger partial charge in [0.05, 0.1) is 28.2 Å². The number of imidazole rings is 1. The molecule has 9 heteroatoms. The molecule has 0 saturated heterocycles. The summed E-state index contributed by atoms with van der Waals surface area (Å²) in [4.78, 5) is 29.7. The molecule has 0 radical (unpaired) electrons. The van der Waals surface area contributed by atoms with E-state index in [4.69, 9.17) is 28.6 Å². The molecule has 3 aromatic carbocycles. The van der Waals surface area contributed by atoms with Crippen LogP contribution in [0.2, 0.25) is 10.0 Å². The first-order valence-electron chi connectivity index (χ1n) is 11.9. The third-order valence-electron chi connectivity index (χ3n) is 6.34. The van der Waals surface area contributed by atoms with Crippen LogP contribution in [0.3, 0.4) is 0 Å². The van der Waals surface area contributed by atoms with Crippen LogP contribution in [0.4, 0.5) is 5.69 Å². The van der Waals surface area contributed by atoms with Gasteiger partial charge in [0.15, 0.2) is 5.78 Å². The number of nitrogens with zero attached hydrogens (tertiary/aromatic N) is 4. The maximum absolute atomic E-state index is 13.1. The van der Waals surface area contributed by atoms with Gasteiger partial charge >= 0.3 is 0 Å². The molecule has 0 fully saturated rings. The zero-order valence-electron chi connectivity index (χ0n) is 21.0. The van der Waals surface area contributed by atoms with Gasteiger partial charge in [-0.1, -0.05) is 41.4 Å². The van der Waals surface area contributed by atoms with Gasteiger partial charge < -0.3 is 18.9 Å². The minimum atomic E-state index is -0.126. The fourth-order valence-electron chi connectivity index (χ4n) is 4.42. The Morgan fingerprint density at radius 2 is 1.59 bits per heavy atom. The van der Waals surface area contributed by atoms with Crippen molar-refractivity contribution in [2.75, 3.05) is 32.6 Å². The van der Waals surface area contributed by atoms with Crippen LogP contribution in [0.15, 0.2) is 66.7 Å². The van der Waals surface area contributed by atoms with E-state index in [9.17, 15) is 9.59 Å². The normalized spacial score (nSPS) is 11.1. The lowest BCUT2D eigenvalue weighted by Gasteiger charge is -2.22. The zero-order valence-corrected chi connectivity index (χ0v) is 22.6. The summed E-state index contributed by atoms with van der Waals surface area (Å²) < 4.78 is 3.47. The first kappa shape index (κ1) is 26.5. The van der Waals surface area contributed by atoms with Crippen LogP contribution in [0, 0.1) is 5.41 Å². The van der Waals surface area contributed by atoms with Gasteiger partial charge in [-0.05, 0) is 55.0 Å². The summed E-state index contributed by atoms with van der Waals surface area (Å²) in [5.74, 6) is -0.187. The fraction of sp³-hybridized carbons (Fsp3) is 0.250. The number of aromatic nitrogens is 2. The third-order valence-corrected chi connectivity index (χ3v) is 6.90. The van der Waals surface area contributed by atoms with Gasteiger partial charge in [0.25, 0.3) is 5.91 Å². The predicted molar refractivity (Wildman–Crippen MR) is 149 cm³/mol. The molecule has 37 heavy (non-hydrogen) atoms. The number of aryl methyl sites for hydroxylation is 1. The Labute approximate surface area is 225 Å². The number of amides is 1. The number of hydrogen-bond acceptors (Lipinski definition) is 4. The molecular weight excluding hydrogens is 509 g/mol. The molecule has 1 aromatic heterocycles. The highest BCUT2D eigenvalue weighted by Crippen LogP contribution is 2.24.